The van der Waals surface area contributed by atoms with Crippen molar-refractivity contribution in [2.75, 3.05) is 18.9 Å². The van der Waals surface area contributed by atoms with Gasteiger partial charge in [0.2, 0.25) is 15.9 Å². The van der Waals surface area contributed by atoms with Crippen molar-refractivity contribution in [2.24, 2.45) is 0 Å². The maximum absolute atomic E-state index is 12.8. The molecule has 27 heavy (non-hydrogen) atoms. The fourth-order valence-corrected chi connectivity index (χ4v) is 4.07. The number of benzene rings is 3. The molecule has 0 aliphatic carbocycles. The minimum absolute atomic E-state index is 0.149. The van der Waals surface area contributed by atoms with Crippen molar-refractivity contribution < 1.29 is 13.2 Å². The second-order valence-corrected chi connectivity index (χ2v) is 8.68. The Morgan fingerprint density at radius 3 is 2.48 bits per heavy atom. The topological polar surface area (TPSA) is 66.5 Å². The Hall–Kier alpha value is -2.41. The first-order valence-electron chi connectivity index (χ1n) is 8.29. The predicted molar refractivity (Wildman–Crippen MR) is 109 cm³/mol. The van der Waals surface area contributed by atoms with Gasteiger partial charge in [-0.2, -0.15) is 4.31 Å². The lowest BCUT2D eigenvalue weighted by Crippen LogP contribution is -2.35. The largest absolute Gasteiger partial charge is 0.325 e. The Balaban J connectivity index is 1.78. The van der Waals surface area contributed by atoms with Crippen LogP contribution in [-0.2, 0) is 14.8 Å². The monoisotopic (exact) mass is 402 g/mol. The van der Waals surface area contributed by atoms with Gasteiger partial charge in [0.1, 0.15) is 0 Å². The fraction of sp³-hybridized carbons (Fsp3) is 0.150. The average molecular weight is 403 g/mol. The number of amides is 1. The van der Waals surface area contributed by atoms with Crippen LogP contribution >= 0.6 is 11.6 Å². The number of anilines is 1. The molecule has 3 aromatic carbocycles. The number of hydrogen-bond acceptors (Lipinski definition) is 3. The number of fused-ring (bicyclic) bond motifs is 1. The molecule has 0 bridgehead atoms. The molecule has 5 nitrogen and oxygen atoms in total. The SMILES string of the molecule is Cc1c(Cl)cccc1NC(=O)CN(C)S(=O)(=O)c1ccc2ccccc2c1. The molecule has 7 heteroatoms. The Bertz CT molecular complexity index is 1110. The van der Waals surface area contributed by atoms with Gasteiger partial charge in [-0.15, -0.1) is 0 Å². The molecule has 0 aliphatic rings. The molecule has 0 unspecified atom stereocenters. The van der Waals surface area contributed by atoms with Crippen LogP contribution in [0, 0.1) is 6.92 Å². The minimum atomic E-state index is -3.79. The van der Waals surface area contributed by atoms with Crippen molar-refractivity contribution in [1.82, 2.24) is 4.31 Å². The maximum atomic E-state index is 12.8. The first-order valence-corrected chi connectivity index (χ1v) is 10.1. The van der Waals surface area contributed by atoms with Gasteiger partial charge in [0.15, 0.2) is 0 Å². The molecule has 3 rings (SSSR count). The fourth-order valence-electron chi connectivity index (χ4n) is 2.73. The normalized spacial score (nSPS) is 11.7. The summed E-state index contributed by atoms with van der Waals surface area (Å²) in [5.74, 6) is -0.438. The van der Waals surface area contributed by atoms with Crippen LogP contribution in [0.4, 0.5) is 5.69 Å². The molecule has 1 N–H and O–H groups in total. The van der Waals surface area contributed by atoms with Crippen molar-refractivity contribution in [3.8, 4) is 0 Å². The molecule has 0 aromatic heterocycles. The Morgan fingerprint density at radius 2 is 1.74 bits per heavy atom. The van der Waals surface area contributed by atoms with Gasteiger partial charge < -0.3 is 5.32 Å². The zero-order valence-corrected chi connectivity index (χ0v) is 16.5. The van der Waals surface area contributed by atoms with Gasteiger partial charge in [-0.1, -0.05) is 48.0 Å². The van der Waals surface area contributed by atoms with Crippen LogP contribution in [-0.4, -0.2) is 32.2 Å². The number of halogens is 1. The molecule has 1 amide bonds. The summed E-state index contributed by atoms with van der Waals surface area (Å²) in [6, 6.07) is 17.6. The van der Waals surface area contributed by atoms with Crippen LogP contribution in [0.2, 0.25) is 5.02 Å². The van der Waals surface area contributed by atoms with Crippen molar-refractivity contribution in [3.63, 3.8) is 0 Å². The first-order chi connectivity index (χ1) is 12.8. The van der Waals surface area contributed by atoms with Crippen molar-refractivity contribution in [2.45, 2.75) is 11.8 Å². The number of nitrogens with one attached hydrogen (secondary N) is 1. The van der Waals surface area contributed by atoms with Crippen LogP contribution in [0.1, 0.15) is 5.56 Å². The molecule has 0 heterocycles. The molecule has 0 aliphatic heterocycles. The maximum Gasteiger partial charge on any atom is 0.243 e. The van der Waals surface area contributed by atoms with E-state index in [1.807, 2.05) is 24.3 Å². The summed E-state index contributed by atoms with van der Waals surface area (Å²) < 4.78 is 26.7. The molecule has 0 fully saturated rings. The third-order valence-electron chi connectivity index (χ3n) is 4.34. The van der Waals surface area contributed by atoms with Gasteiger partial charge >= 0.3 is 0 Å². The molecule has 140 valence electrons. The van der Waals surface area contributed by atoms with E-state index in [1.165, 1.54) is 7.05 Å². The van der Waals surface area contributed by atoms with Crippen molar-refractivity contribution in [3.05, 3.63) is 71.2 Å². The van der Waals surface area contributed by atoms with E-state index in [2.05, 4.69) is 5.32 Å². The molecule has 0 atom stereocenters. The highest BCUT2D eigenvalue weighted by Crippen LogP contribution is 2.24. The van der Waals surface area contributed by atoms with E-state index in [4.69, 9.17) is 11.6 Å². The third-order valence-corrected chi connectivity index (χ3v) is 6.55. The number of hydrogen-bond donors (Lipinski definition) is 1. The minimum Gasteiger partial charge on any atom is -0.325 e. The highest BCUT2D eigenvalue weighted by Gasteiger charge is 2.23. The Morgan fingerprint density at radius 1 is 1.04 bits per heavy atom. The van der Waals surface area contributed by atoms with E-state index in [0.29, 0.717) is 10.7 Å². The van der Waals surface area contributed by atoms with E-state index in [1.54, 1.807) is 43.3 Å². The van der Waals surface area contributed by atoms with E-state index in [-0.39, 0.29) is 11.4 Å². The van der Waals surface area contributed by atoms with Crippen LogP contribution in [0.3, 0.4) is 0 Å². The lowest BCUT2D eigenvalue weighted by atomic mass is 10.1. The summed E-state index contributed by atoms with van der Waals surface area (Å²) in [6.07, 6.45) is 0. The molecule has 0 radical (unpaired) electrons. The van der Waals surface area contributed by atoms with Crippen LogP contribution in [0.25, 0.3) is 10.8 Å². The summed E-state index contributed by atoms with van der Waals surface area (Å²) in [6.45, 7) is 1.48. The summed E-state index contributed by atoms with van der Waals surface area (Å²) in [4.78, 5) is 12.5. The quantitative estimate of drug-likeness (QED) is 0.699. The van der Waals surface area contributed by atoms with Gasteiger partial charge in [-0.25, -0.2) is 8.42 Å². The second kappa shape index (κ2) is 7.68. The first kappa shape index (κ1) is 19.4. The number of rotatable bonds is 5. The summed E-state index contributed by atoms with van der Waals surface area (Å²) in [5.41, 5.74) is 1.29. The Kier molecular flexibility index (Phi) is 5.51. The van der Waals surface area contributed by atoms with Gasteiger partial charge in [-0.3, -0.25) is 4.79 Å². The lowest BCUT2D eigenvalue weighted by Gasteiger charge is -2.18. The molecule has 0 saturated carbocycles. The van der Waals surface area contributed by atoms with E-state index in [0.717, 1.165) is 20.6 Å². The van der Waals surface area contributed by atoms with Gasteiger partial charge in [0, 0.05) is 17.8 Å². The summed E-state index contributed by atoms with van der Waals surface area (Å²) in [5, 5.41) is 5.02. The number of likely N-dealkylation sites (N-methyl/N-ethyl adjacent to an activating group) is 1. The van der Waals surface area contributed by atoms with Crippen LogP contribution < -0.4 is 5.32 Å². The van der Waals surface area contributed by atoms with E-state index < -0.39 is 15.9 Å². The smallest absolute Gasteiger partial charge is 0.243 e. The number of carbonyl (C=O) groups excluding carboxylic acids is 1. The standard InChI is InChI=1S/C20H19ClN2O3S/c1-14-18(21)8-5-9-19(14)22-20(24)13-23(2)27(25,26)17-11-10-15-6-3-4-7-16(15)12-17/h3-12H,13H2,1-2H3,(H,22,24). The van der Waals surface area contributed by atoms with Crippen molar-refractivity contribution >= 4 is 44.0 Å². The van der Waals surface area contributed by atoms with Crippen molar-refractivity contribution in [1.29, 1.82) is 0 Å². The van der Waals surface area contributed by atoms with Gasteiger partial charge in [-0.05, 0) is 47.5 Å². The Labute approximate surface area is 163 Å². The van der Waals surface area contributed by atoms with Crippen LogP contribution in [0.15, 0.2) is 65.6 Å². The number of carbonyl (C=O) groups is 1. The summed E-state index contributed by atoms with van der Waals surface area (Å²) >= 11 is 6.05. The predicted octanol–water partition coefficient (Wildman–Crippen LogP) is 4.06. The molecular weight excluding hydrogens is 384 g/mol. The third kappa shape index (κ3) is 4.13. The molecule has 0 spiro atoms. The van der Waals surface area contributed by atoms with Gasteiger partial charge in [0.25, 0.3) is 0 Å². The molecular formula is C20H19ClN2O3S. The highest BCUT2D eigenvalue weighted by molar-refractivity contribution is 7.89. The molecule has 3 aromatic rings. The highest BCUT2D eigenvalue weighted by atomic mass is 35.5. The van der Waals surface area contributed by atoms with Crippen LogP contribution in [0.5, 0.6) is 0 Å². The van der Waals surface area contributed by atoms with Gasteiger partial charge in [0.05, 0.1) is 11.4 Å². The number of sulfonamides is 1. The second-order valence-electron chi connectivity index (χ2n) is 6.23. The number of nitrogens with zero attached hydrogens (tertiary/aromatic N) is 1. The zero-order valence-electron chi connectivity index (χ0n) is 14.9. The van der Waals surface area contributed by atoms with E-state index >= 15 is 0 Å². The zero-order chi connectivity index (χ0) is 19.6. The molecule has 0 saturated heterocycles. The lowest BCUT2D eigenvalue weighted by molar-refractivity contribution is -0.116. The average Bonchev–Trinajstić information content (AvgIpc) is 2.65. The van der Waals surface area contributed by atoms with E-state index in [9.17, 15) is 13.2 Å². The summed E-state index contributed by atoms with van der Waals surface area (Å²) in [7, 11) is -2.41.